The van der Waals surface area contributed by atoms with E-state index >= 15 is 0 Å². The quantitative estimate of drug-likeness (QED) is 0.186. The van der Waals surface area contributed by atoms with Gasteiger partial charge in [-0.3, -0.25) is 14.7 Å². The molecule has 2 aromatic carbocycles. The number of piperidine rings is 1. The van der Waals surface area contributed by atoms with Gasteiger partial charge in [-0.05, 0) is 61.3 Å². The van der Waals surface area contributed by atoms with Crippen molar-refractivity contribution in [3.63, 3.8) is 0 Å². The number of carbonyl (C=O) groups is 1. The maximum absolute atomic E-state index is 12.5. The Bertz CT molecular complexity index is 2060. The standard InChI is InChI=1S/C34H29N5OS.C2HF3O2/c40-33-28-20-27(24-6-2-1-3-7-24)32(37-29(28)13-17-36-33)26-11-9-23(10-12-26)21-39-18-14-25(15-19-39)31-22-41-34(38-31)30-8-4-5-16-35-30;3-2(4,5)1(6)7/h1-13,16-17,20,22,25H,14-15,18-19,21H2,(H,36,40);(H,6,7). The van der Waals surface area contributed by atoms with Crippen LogP contribution in [-0.2, 0) is 11.3 Å². The first kappa shape index (κ1) is 32.7. The van der Waals surface area contributed by atoms with E-state index in [2.05, 4.69) is 56.6 Å². The number of aliphatic carboxylic acids is 1. The van der Waals surface area contributed by atoms with Gasteiger partial charge in [0.05, 0.1) is 28.0 Å². The van der Waals surface area contributed by atoms with Gasteiger partial charge in [0.15, 0.2) is 0 Å². The molecule has 12 heteroatoms. The monoisotopic (exact) mass is 669 g/mol. The fraction of sp³-hybridized carbons (Fsp3) is 0.194. The van der Waals surface area contributed by atoms with Crippen LogP contribution in [0.15, 0.2) is 107 Å². The molecule has 0 radical (unpaired) electrons. The van der Waals surface area contributed by atoms with Crippen molar-refractivity contribution in [1.82, 2.24) is 24.8 Å². The molecule has 0 unspecified atom stereocenters. The summed E-state index contributed by atoms with van der Waals surface area (Å²) in [5.74, 6) is -2.25. The summed E-state index contributed by atoms with van der Waals surface area (Å²) in [5, 5.41) is 10.9. The van der Waals surface area contributed by atoms with Crippen molar-refractivity contribution in [3.8, 4) is 33.1 Å². The number of hydrogen-bond acceptors (Lipinski definition) is 7. The number of alkyl halides is 3. The predicted molar refractivity (Wildman–Crippen MR) is 180 cm³/mol. The number of hydrogen-bond donors (Lipinski definition) is 2. The average Bonchev–Trinajstić information content (AvgIpc) is 3.60. The molecule has 0 aliphatic carbocycles. The highest BCUT2D eigenvalue weighted by atomic mass is 32.1. The van der Waals surface area contributed by atoms with E-state index in [0.717, 1.165) is 65.6 Å². The lowest BCUT2D eigenvalue weighted by Gasteiger charge is -2.31. The van der Waals surface area contributed by atoms with Crippen molar-refractivity contribution in [3.05, 3.63) is 124 Å². The number of carboxylic acids is 1. The Kier molecular flexibility index (Phi) is 9.74. The van der Waals surface area contributed by atoms with E-state index < -0.39 is 12.1 Å². The molecule has 0 bridgehead atoms. The summed E-state index contributed by atoms with van der Waals surface area (Å²) < 4.78 is 31.7. The predicted octanol–water partition coefficient (Wildman–Crippen LogP) is 7.79. The molecule has 6 aromatic rings. The van der Waals surface area contributed by atoms with Gasteiger partial charge in [0.2, 0.25) is 0 Å². The van der Waals surface area contributed by atoms with Gasteiger partial charge in [0.25, 0.3) is 5.56 Å². The SMILES string of the molecule is O=C(O)C(F)(F)F.O=c1[nH]ccc2nc(-c3ccc(CN4CCC(c5csc(-c6ccccn6)n5)CC4)cc3)c(-c3ccccc3)cc12. The number of fused-ring (bicyclic) bond motifs is 1. The maximum Gasteiger partial charge on any atom is 0.490 e. The molecule has 244 valence electrons. The Morgan fingerprint density at radius 2 is 1.65 bits per heavy atom. The smallest absolute Gasteiger partial charge is 0.475 e. The number of aromatic nitrogens is 4. The molecule has 0 spiro atoms. The number of nitrogens with zero attached hydrogens (tertiary/aromatic N) is 4. The number of nitrogens with one attached hydrogen (secondary N) is 1. The van der Waals surface area contributed by atoms with Crippen LogP contribution >= 0.6 is 11.3 Å². The van der Waals surface area contributed by atoms with E-state index in [4.69, 9.17) is 19.9 Å². The molecule has 1 aliphatic rings. The molecule has 1 saturated heterocycles. The van der Waals surface area contributed by atoms with Crippen LogP contribution in [0.2, 0.25) is 0 Å². The highest BCUT2D eigenvalue weighted by Crippen LogP contribution is 2.34. The van der Waals surface area contributed by atoms with Crippen LogP contribution in [-0.4, -0.2) is 55.2 Å². The second-order valence-electron chi connectivity index (χ2n) is 11.3. The molecule has 4 aromatic heterocycles. The van der Waals surface area contributed by atoms with E-state index in [1.807, 2.05) is 54.7 Å². The third-order valence-electron chi connectivity index (χ3n) is 8.12. The first-order valence-electron chi connectivity index (χ1n) is 15.2. The summed E-state index contributed by atoms with van der Waals surface area (Å²) in [6, 6.07) is 28.7. The molecule has 1 fully saturated rings. The Balaban J connectivity index is 0.000000519. The Labute approximate surface area is 277 Å². The molecule has 2 N–H and O–H groups in total. The van der Waals surface area contributed by atoms with E-state index in [1.54, 1.807) is 17.5 Å². The lowest BCUT2D eigenvalue weighted by atomic mass is 9.93. The van der Waals surface area contributed by atoms with Crippen LogP contribution in [0.5, 0.6) is 0 Å². The summed E-state index contributed by atoms with van der Waals surface area (Å²) >= 11 is 1.69. The lowest BCUT2D eigenvalue weighted by Crippen LogP contribution is -2.32. The van der Waals surface area contributed by atoms with Crippen molar-refractivity contribution >= 4 is 28.2 Å². The molecule has 0 atom stereocenters. The third kappa shape index (κ3) is 7.67. The van der Waals surface area contributed by atoms with E-state index in [1.165, 1.54) is 11.3 Å². The van der Waals surface area contributed by atoms with Crippen LogP contribution in [0.25, 0.3) is 44.0 Å². The van der Waals surface area contributed by atoms with Crippen molar-refractivity contribution in [1.29, 1.82) is 0 Å². The van der Waals surface area contributed by atoms with Crippen molar-refractivity contribution in [2.75, 3.05) is 13.1 Å². The number of rotatable bonds is 6. The van der Waals surface area contributed by atoms with Gasteiger partial charge in [-0.25, -0.2) is 14.8 Å². The van der Waals surface area contributed by atoms with Gasteiger partial charge >= 0.3 is 12.1 Å². The third-order valence-corrected chi connectivity index (χ3v) is 9.01. The van der Waals surface area contributed by atoms with Crippen LogP contribution < -0.4 is 5.56 Å². The molecule has 7 rings (SSSR count). The lowest BCUT2D eigenvalue weighted by molar-refractivity contribution is -0.192. The van der Waals surface area contributed by atoms with Crippen molar-refractivity contribution < 1.29 is 23.1 Å². The molecule has 5 heterocycles. The summed E-state index contributed by atoms with van der Waals surface area (Å²) in [7, 11) is 0. The molecular formula is C36H30F3N5O3S. The fourth-order valence-electron chi connectivity index (χ4n) is 5.66. The topological polar surface area (TPSA) is 112 Å². The van der Waals surface area contributed by atoms with E-state index in [9.17, 15) is 18.0 Å². The van der Waals surface area contributed by atoms with Gasteiger partial charge in [0, 0.05) is 41.4 Å². The minimum absolute atomic E-state index is 0.124. The number of thiazole rings is 1. The van der Waals surface area contributed by atoms with Gasteiger partial charge in [-0.15, -0.1) is 11.3 Å². The van der Waals surface area contributed by atoms with Crippen LogP contribution in [0.1, 0.15) is 30.0 Å². The molecule has 1 aliphatic heterocycles. The minimum Gasteiger partial charge on any atom is -0.475 e. The second-order valence-corrected chi connectivity index (χ2v) is 12.2. The highest BCUT2D eigenvalue weighted by molar-refractivity contribution is 7.13. The summed E-state index contributed by atoms with van der Waals surface area (Å²) in [4.78, 5) is 41.0. The van der Waals surface area contributed by atoms with Crippen LogP contribution in [0.4, 0.5) is 13.2 Å². The minimum atomic E-state index is -5.08. The normalized spacial score (nSPS) is 14.0. The zero-order valence-electron chi connectivity index (χ0n) is 25.5. The number of halogens is 3. The van der Waals surface area contributed by atoms with Crippen molar-refractivity contribution in [2.24, 2.45) is 0 Å². The van der Waals surface area contributed by atoms with Gasteiger partial charge in [0.1, 0.15) is 5.01 Å². The van der Waals surface area contributed by atoms with Crippen LogP contribution in [0.3, 0.4) is 0 Å². The first-order chi connectivity index (χ1) is 23.2. The van der Waals surface area contributed by atoms with Gasteiger partial charge < -0.3 is 10.1 Å². The van der Waals surface area contributed by atoms with Gasteiger partial charge in [-0.2, -0.15) is 13.2 Å². The Hall–Kier alpha value is -5.20. The molecule has 0 saturated carbocycles. The number of likely N-dealkylation sites (tertiary alicyclic amines) is 1. The first-order valence-corrected chi connectivity index (χ1v) is 16.1. The number of H-pyrrole nitrogens is 1. The largest absolute Gasteiger partial charge is 0.490 e. The highest BCUT2D eigenvalue weighted by Gasteiger charge is 2.38. The average molecular weight is 670 g/mol. The number of benzene rings is 2. The number of pyridine rings is 3. The summed E-state index contributed by atoms with van der Waals surface area (Å²) in [6.07, 6.45) is 0.627. The summed E-state index contributed by atoms with van der Waals surface area (Å²) in [5.41, 5.74) is 7.94. The molecular weight excluding hydrogens is 639 g/mol. The Morgan fingerprint density at radius 3 is 2.31 bits per heavy atom. The Morgan fingerprint density at radius 1 is 0.938 bits per heavy atom. The fourth-order valence-corrected chi connectivity index (χ4v) is 6.54. The van der Waals surface area contributed by atoms with Gasteiger partial charge in [-0.1, -0.05) is 60.7 Å². The zero-order chi connectivity index (χ0) is 33.7. The molecule has 8 nitrogen and oxygen atoms in total. The van der Waals surface area contributed by atoms with Crippen molar-refractivity contribution in [2.45, 2.75) is 31.5 Å². The zero-order valence-corrected chi connectivity index (χ0v) is 26.3. The van der Waals surface area contributed by atoms with Crippen LogP contribution in [0, 0.1) is 0 Å². The molecule has 0 amide bonds. The van der Waals surface area contributed by atoms with E-state index in [-0.39, 0.29) is 5.56 Å². The second kappa shape index (κ2) is 14.3. The number of carboxylic acid groups (broad SMARTS) is 1. The summed E-state index contributed by atoms with van der Waals surface area (Å²) in [6.45, 7) is 3.04. The molecule has 48 heavy (non-hydrogen) atoms. The number of aromatic amines is 1. The van der Waals surface area contributed by atoms with E-state index in [0.29, 0.717) is 16.8 Å². The maximum atomic E-state index is 12.5.